The zero-order valence-corrected chi connectivity index (χ0v) is 21.9. The zero-order chi connectivity index (χ0) is 26.8. The van der Waals surface area contributed by atoms with E-state index >= 15 is 0 Å². The normalized spacial score (nSPS) is 18.1. The van der Waals surface area contributed by atoms with Gasteiger partial charge in [-0.15, -0.1) is 0 Å². The van der Waals surface area contributed by atoms with Gasteiger partial charge in [0.25, 0.3) is 5.56 Å². The monoisotopic (exact) mass is 518 g/mol. The third-order valence-corrected chi connectivity index (χ3v) is 7.69. The summed E-state index contributed by atoms with van der Waals surface area (Å²) in [5.41, 5.74) is 2.72. The fraction of sp³-hybridized carbons (Fsp3) is 0.464. The molecule has 5 rings (SSSR count). The van der Waals surface area contributed by atoms with Crippen LogP contribution in [0.1, 0.15) is 74.1 Å². The van der Waals surface area contributed by atoms with Gasteiger partial charge in [-0.25, -0.2) is 14.8 Å². The van der Waals surface area contributed by atoms with E-state index in [2.05, 4.69) is 21.9 Å². The van der Waals surface area contributed by atoms with Crippen molar-refractivity contribution in [3.05, 3.63) is 58.1 Å². The Morgan fingerprint density at radius 1 is 1.18 bits per heavy atom. The van der Waals surface area contributed by atoms with Gasteiger partial charge in [0.1, 0.15) is 17.2 Å². The van der Waals surface area contributed by atoms with Crippen LogP contribution in [0.5, 0.6) is 0 Å². The van der Waals surface area contributed by atoms with Crippen LogP contribution in [0.3, 0.4) is 0 Å². The van der Waals surface area contributed by atoms with Crippen LogP contribution in [0.4, 0.5) is 16.6 Å². The van der Waals surface area contributed by atoms with Crippen LogP contribution >= 0.6 is 0 Å². The number of fused-ring (bicyclic) bond motifs is 1. The minimum Gasteiger partial charge on any atom is -0.494 e. The van der Waals surface area contributed by atoms with E-state index in [0.717, 1.165) is 55.0 Å². The van der Waals surface area contributed by atoms with Crippen molar-refractivity contribution in [1.29, 1.82) is 0 Å². The van der Waals surface area contributed by atoms with Crippen LogP contribution in [-0.2, 0) is 4.74 Å². The van der Waals surface area contributed by atoms with E-state index < -0.39 is 6.09 Å². The van der Waals surface area contributed by atoms with Crippen molar-refractivity contribution in [2.24, 2.45) is 0 Å². The van der Waals surface area contributed by atoms with Gasteiger partial charge in [-0.05, 0) is 56.7 Å². The molecule has 2 N–H and O–H groups in total. The Labute approximate surface area is 221 Å². The summed E-state index contributed by atoms with van der Waals surface area (Å²) in [5.74, 6) is 1.43. The van der Waals surface area contributed by atoms with Gasteiger partial charge in [-0.1, -0.05) is 25.5 Å². The molecule has 200 valence electrons. The third-order valence-electron chi connectivity index (χ3n) is 7.69. The molecular weight excluding hydrogens is 484 g/mol. The maximum absolute atomic E-state index is 13.7. The van der Waals surface area contributed by atoms with Crippen molar-refractivity contribution in [2.45, 2.75) is 64.3 Å². The first-order valence-electron chi connectivity index (χ1n) is 13.3. The van der Waals surface area contributed by atoms with E-state index in [-0.39, 0.29) is 17.5 Å². The summed E-state index contributed by atoms with van der Waals surface area (Å²) in [4.78, 5) is 40.4. The average Bonchev–Trinajstić information content (AvgIpc) is 3.44. The molecule has 1 atom stereocenters. The predicted octanol–water partition coefficient (Wildman–Crippen LogP) is 5.22. The molecular formula is C28H34N6O4. The molecule has 3 aromatic rings. The Morgan fingerprint density at radius 3 is 2.66 bits per heavy atom. The zero-order valence-electron chi connectivity index (χ0n) is 21.9. The molecule has 1 aliphatic carbocycles. The van der Waals surface area contributed by atoms with Crippen LogP contribution in [0, 0.1) is 6.92 Å². The van der Waals surface area contributed by atoms with Gasteiger partial charge in [0.2, 0.25) is 5.95 Å². The molecule has 10 heteroatoms. The smallest absolute Gasteiger partial charge is 0.407 e. The Hall–Kier alpha value is -3.95. The van der Waals surface area contributed by atoms with Crippen LogP contribution in [0.2, 0.25) is 0 Å². The number of ether oxygens (including phenoxy) is 1. The van der Waals surface area contributed by atoms with Crippen molar-refractivity contribution in [1.82, 2.24) is 24.4 Å². The number of amides is 1. The molecule has 1 saturated heterocycles. The molecule has 0 aromatic carbocycles. The second-order valence-electron chi connectivity index (χ2n) is 10.1. The quantitative estimate of drug-likeness (QED) is 0.408. The molecule has 0 radical (unpaired) electrons. The van der Waals surface area contributed by atoms with Crippen LogP contribution in [0.15, 0.2) is 35.9 Å². The maximum Gasteiger partial charge on any atom is 0.407 e. The minimum absolute atomic E-state index is 0.0693. The number of pyridine rings is 2. The van der Waals surface area contributed by atoms with Gasteiger partial charge in [-0.3, -0.25) is 9.36 Å². The summed E-state index contributed by atoms with van der Waals surface area (Å²) in [5, 5.41) is 13.3. The number of nitrogens with zero attached hydrogens (tertiary/aromatic N) is 5. The van der Waals surface area contributed by atoms with Crippen molar-refractivity contribution in [3.8, 4) is 0 Å². The first-order chi connectivity index (χ1) is 18.4. The van der Waals surface area contributed by atoms with E-state index in [9.17, 15) is 14.7 Å². The number of carbonyl (C=O) groups is 1. The molecule has 3 aromatic heterocycles. The molecule has 1 unspecified atom stereocenters. The molecule has 2 fully saturated rings. The molecule has 1 saturated carbocycles. The van der Waals surface area contributed by atoms with Gasteiger partial charge < -0.3 is 20.1 Å². The number of aromatic nitrogens is 4. The van der Waals surface area contributed by atoms with Crippen molar-refractivity contribution < 1.29 is 14.6 Å². The largest absolute Gasteiger partial charge is 0.494 e. The molecule has 0 bridgehead atoms. The number of carboxylic acid groups (broad SMARTS) is 1. The standard InChI is InChI=1S/C28H34N6O4/c1-4-38-18(3)24-17(2)22-15-30-27(32-25(22)34(26(24)35)21-9-5-6-10-21)31-23-12-11-19(14-29-23)20-8-7-13-33(16-20)28(36)37/h11-12,14-15,20-21H,3-10,13,16H2,1-2H3,(H,36,37)(H,29,30,31,32). The van der Waals surface area contributed by atoms with Crippen LogP contribution < -0.4 is 10.9 Å². The average molecular weight is 519 g/mol. The SMILES string of the molecule is C=C(OCC)c1c(C)c2cnc(Nc3ccc(C4CCCN(C(=O)O)C4)cn3)nc2n(C2CCCC2)c1=O. The summed E-state index contributed by atoms with van der Waals surface area (Å²) in [7, 11) is 0. The predicted molar refractivity (Wildman–Crippen MR) is 146 cm³/mol. The van der Waals surface area contributed by atoms with Crippen molar-refractivity contribution in [2.75, 3.05) is 25.0 Å². The van der Waals surface area contributed by atoms with Gasteiger partial charge in [0, 0.05) is 42.8 Å². The van der Waals surface area contributed by atoms with Gasteiger partial charge in [0.05, 0.1) is 12.2 Å². The van der Waals surface area contributed by atoms with Gasteiger partial charge in [0.15, 0.2) is 0 Å². The number of anilines is 2. The molecule has 38 heavy (non-hydrogen) atoms. The lowest BCUT2D eigenvalue weighted by atomic mass is 9.92. The van der Waals surface area contributed by atoms with Crippen LogP contribution in [-0.4, -0.2) is 55.3 Å². The second kappa shape index (κ2) is 10.8. The van der Waals surface area contributed by atoms with E-state index in [1.807, 2.05) is 26.0 Å². The lowest BCUT2D eigenvalue weighted by Crippen LogP contribution is -2.38. The van der Waals surface area contributed by atoms with Gasteiger partial charge in [-0.2, -0.15) is 4.98 Å². The third kappa shape index (κ3) is 4.94. The summed E-state index contributed by atoms with van der Waals surface area (Å²) in [6.07, 6.45) is 8.41. The van der Waals surface area contributed by atoms with Gasteiger partial charge >= 0.3 is 6.09 Å². The number of hydrogen-bond acceptors (Lipinski definition) is 7. The molecule has 2 aliphatic rings. The Balaban J connectivity index is 1.46. The number of piperidine rings is 1. The number of nitrogens with one attached hydrogen (secondary N) is 1. The highest BCUT2D eigenvalue weighted by Gasteiger charge is 2.27. The molecule has 10 nitrogen and oxygen atoms in total. The summed E-state index contributed by atoms with van der Waals surface area (Å²) >= 11 is 0. The van der Waals surface area contributed by atoms with E-state index in [1.165, 1.54) is 4.90 Å². The Morgan fingerprint density at radius 2 is 1.97 bits per heavy atom. The van der Waals surface area contributed by atoms with E-state index in [4.69, 9.17) is 9.72 Å². The highest BCUT2D eigenvalue weighted by atomic mass is 16.5. The summed E-state index contributed by atoms with van der Waals surface area (Å²) in [6.45, 7) is 9.25. The fourth-order valence-corrected chi connectivity index (χ4v) is 5.73. The fourth-order valence-electron chi connectivity index (χ4n) is 5.73. The lowest BCUT2D eigenvalue weighted by Gasteiger charge is -2.30. The first-order valence-corrected chi connectivity index (χ1v) is 13.3. The Kier molecular flexibility index (Phi) is 7.31. The summed E-state index contributed by atoms with van der Waals surface area (Å²) < 4.78 is 7.43. The molecule has 1 amide bonds. The maximum atomic E-state index is 13.7. The van der Waals surface area contributed by atoms with Crippen molar-refractivity contribution in [3.63, 3.8) is 0 Å². The van der Waals surface area contributed by atoms with Crippen LogP contribution in [0.25, 0.3) is 16.8 Å². The lowest BCUT2D eigenvalue weighted by molar-refractivity contribution is 0.130. The number of rotatable bonds is 7. The number of aryl methyl sites for hydroxylation is 1. The molecule has 4 heterocycles. The molecule has 0 spiro atoms. The highest BCUT2D eigenvalue weighted by molar-refractivity contribution is 5.84. The first kappa shape index (κ1) is 25.7. The number of likely N-dealkylation sites (tertiary alicyclic amines) is 1. The number of hydrogen-bond donors (Lipinski definition) is 2. The van der Waals surface area contributed by atoms with Crippen molar-refractivity contribution >= 4 is 34.7 Å². The van der Waals surface area contributed by atoms with E-state index in [1.54, 1.807) is 17.0 Å². The highest BCUT2D eigenvalue weighted by Crippen LogP contribution is 2.33. The summed E-state index contributed by atoms with van der Waals surface area (Å²) in [6, 6.07) is 3.89. The molecule has 1 aliphatic heterocycles. The Bertz CT molecular complexity index is 1410. The minimum atomic E-state index is -0.880. The van der Waals surface area contributed by atoms with E-state index in [0.29, 0.717) is 48.4 Å². The second-order valence-corrected chi connectivity index (χ2v) is 10.1. The topological polar surface area (TPSA) is 122 Å².